The molecule has 2 aliphatic rings. The van der Waals surface area contributed by atoms with Crippen LogP contribution in [0.25, 0.3) is 0 Å². The van der Waals surface area contributed by atoms with Crippen molar-refractivity contribution in [3.05, 3.63) is 45.4 Å². The van der Waals surface area contributed by atoms with Gasteiger partial charge >= 0.3 is 6.18 Å². The van der Waals surface area contributed by atoms with Gasteiger partial charge in [-0.2, -0.15) is 13.2 Å². The highest BCUT2D eigenvalue weighted by Gasteiger charge is 2.45. The van der Waals surface area contributed by atoms with Crippen molar-refractivity contribution in [2.45, 2.75) is 18.4 Å². The molecular formula is C11H6BrF3O. The van der Waals surface area contributed by atoms with E-state index in [0.29, 0.717) is 5.56 Å². The Morgan fingerprint density at radius 1 is 1.25 bits per heavy atom. The van der Waals surface area contributed by atoms with Gasteiger partial charge in [-0.1, -0.05) is 28.1 Å². The summed E-state index contributed by atoms with van der Waals surface area (Å²) in [6, 6.07) is 4.21. The van der Waals surface area contributed by atoms with Crippen LogP contribution in [0.3, 0.4) is 0 Å². The Morgan fingerprint density at radius 2 is 2.00 bits per heavy atom. The van der Waals surface area contributed by atoms with Crippen molar-refractivity contribution >= 4 is 15.9 Å². The zero-order valence-electron chi connectivity index (χ0n) is 7.88. The van der Waals surface area contributed by atoms with Gasteiger partial charge in [0.25, 0.3) is 0 Å². The van der Waals surface area contributed by atoms with Gasteiger partial charge in [0.1, 0.15) is 12.2 Å². The Bertz CT molecular complexity index is 492. The average molecular weight is 291 g/mol. The monoisotopic (exact) mass is 290 g/mol. The highest BCUT2D eigenvalue weighted by molar-refractivity contribution is 9.11. The predicted octanol–water partition coefficient (Wildman–Crippen LogP) is 4.11. The highest BCUT2D eigenvalue weighted by atomic mass is 79.9. The van der Waals surface area contributed by atoms with E-state index < -0.39 is 17.8 Å². The van der Waals surface area contributed by atoms with Crippen LogP contribution >= 0.6 is 15.9 Å². The van der Waals surface area contributed by atoms with E-state index in [-0.39, 0.29) is 11.7 Å². The number of rotatable bonds is 0. The van der Waals surface area contributed by atoms with Crippen molar-refractivity contribution < 1.29 is 17.9 Å². The first-order chi connectivity index (χ1) is 7.48. The van der Waals surface area contributed by atoms with E-state index in [4.69, 9.17) is 4.74 Å². The summed E-state index contributed by atoms with van der Waals surface area (Å²) in [5.74, 6) is 0. The Balaban J connectivity index is 2.21. The molecule has 0 saturated carbocycles. The molecule has 0 aliphatic carbocycles. The summed E-state index contributed by atoms with van der Waals surface area (Å²) in [6.45, 7) is 0. The SMILES string of the molecule is FC(F)(F)c1cccc2c1[C@@H]1C=C(Br)[C@@H]2O1. The number of fused-ring (bicyclic) bond motifs is 5. The third-order valence-electron chi connectivity index (χ3n) is 2.86. The lowest BCUT2D eigenvalue weighted by molar-refractivity contribution is -0.138. The van der Waals surface area contributed by atoms with Gasteiger partial charge in [0.2, 0.25) is 0 Å². The summed E-state index contributed by atoms with van der Waals surface area (Å²) < 4.78 is 44.6. The molecule has 84 valence electrons. The molecule has 5 heteroatoms. The quantitative estimate of drug-likeness (QED) is 0.699. The Morgan fingerprint density at radius 3 is 2.69 bits per heavy atom. The van der Waals surface area contributed by atoms with E-state index in [2.05, 4.69) is 15.9 Å². The third kappa shape index (κ3) is 1.28. The summed E-state index contributed by atoms with van der Waals surface area (Å²) in [5.41, 5.74) is 0.297. The second kappa shape index (κ2) is 3.11. The average Bonchev–Trinajstić information content (AvgIpc) is 2.73. The first-order valence-electron chi connectivity index (χ1n) is 4.71. The van der Waals surface area contributed by atoms with Gasteiger partial charge in [-0.15, -0.1) is 0 Å². The van der Waals surface area contributed by atoms with Crippen LogP contribution in [0.15, 0.2) is 28.8 Å². The van der Waals surface area contributed by atoms with Crippen molar-refractivity contribution in [1.82, 2.24) is 0 Å². The van der Waals surface area contributed by atoms with Gasteiger partial charge in [0, 0.05) is 10.0 Å². The number of benzene rings is 1. The minimum atomic E-state index is -4.32. The molecule has 1 nitrogen and oxygen atoms in total. The summed E-state index contributed by atoms with van der Waals surface area (Å²) in [5, 5.41) is 0. The Hall–Kier alpha value is -0.810. The molecule has 2 atom stereocenters. The first kappa shape index (κ1) is 10.4. The molecule has 0 fully saturated rings. The van der Waals surface area contributed by atoms with E-state index in [1.54, 1.807) is 12.1 Å². The molecule has 2 aliphatic heterocycles. The van der Waals surface area contributed by atoms with Crippen LogP contribution in [-0.2, 0) is 10.9 Å². The van der Waals surface area contributed by atoms with E-state index >= 15 is 0 Å². The Kier molecular flexibility index (Phi) is 2.01. The highest BCUT2D eigenvalue weighted by Crippen LogP contribution is 2.54. The van der Waals surface area contributed by atoms with Crippen molar-refractivity contribution in [3.63, 3.8) is 0 Å². The maximum absolute atomic E-state index is 12.8. The zero-order chi connectivity index (χ0) is 11.5. The standard InChI is InChI=1S/C11H6BrF3O/c12-7-4-8-9-5(10(7)16-8)2-1-3-6(9)11(13,14)15/h1-4,8,10H/t8-,10+/m0/s1. The topological polar surface area (TPSA) is 9.23 Å². The van der Waals surface area contributed by atoms with Crippen LogP contribution in [0, 0.1) is 0 Å². The summed E-state index contributed by atoms with van der Waals surface area (Å²) in [7, 11) is 0. The van der Waals surface area contributed by atoms with Gasteiger partial charge in [0.05, 0.1) is 5.56 Å². The fourth-order valence-electron chi connectivity index (χ4n) is 2.23. The number of halogens is 4. The van der Waals surface area contributed by atoms with Gasteiger partial charge in [0.15, 0.2) is 0 Å². The fraction of sp³-hybridized carbons (Fsp3) is 0.273. The van der Waals surface area contributed by atoms with E-state index in [1.807, 2.05) is 0 Å². The van der Waals surface area contributed by atoms with E-state index in [9.17, 15) is 13.2 Å². The molecule has 0 radical (unpaired) electrons. The molecule has 2 bridgehead atoms. The number of alkyl halides is 3. The van der Waals surface area contributed by atoms with E-state index in [1.165, 1.54) is 6.07 Å². The second-order valence-corrected chi connectivity index (χ2v) is 4.71. The Labute approximate surface area is 98.0 Å². The predicted molar refractivity (Wildman–Crippen MR) is 55.0 cm³/mol. The summed E-state index contributed by atoms with van der Waals surface area (Å²) in [4.78, 5) is 0. The van der Waals surface area contributed by atoms with Crippen LogP contribution in [0.2, 0.25) is 0 Å². The van der Waals surface area contributed by atoms with Gasteiger partial charge in [-0.3, -0.25) is 0 Å². The molecule has 0 saturated heterocycles. The lowest BCUT2D eigenvalue weighted by Crippen LogP contribution is -2.11. The van der Waals surface area contributed by atoms with Crippen LogP contribution in [0.5, 0.6) is 0 Å². The normalized spacial score (nSPS) is 26.9. The lowest BCUT2D eigenvalue weighted by atomic mass is 9.92. The van der Waals surface area contributed by atoms with Crippen LogP contribution in [-0.4, -0.2) is 0 Å². The molecule has 0 aromatic heterocycles. The van der Waals surface area contributed by atoms with Crippen LogP contribution in [0.1, 0.15) is 28.9 Å². The molecule has 0 spiro atoms. The van der Waals surface area contributed by atoms with Crippen molar-refractivity contribution in [2.24, 2.45) is 0 Å². The molecule has 1 aromatic rings. The molecule has 0 unspecified atom stereocenters. The van der Waals surface area contributed by atoms with Crippen molar-refractivity contribution in [2.75, 3.05) is 0 Å². The van der Waals surface area contributed by atoms with Gasteiger partial charge in [-0.25, -0.2) is 0 Å². The van der Waals surface area contributed by atoms with Crippen molar-refractivity contribution in [3.8, 4) is 0 Å². The molecule has 0 N–H and O–H groups in total. The third-order valence-corrected chi connectivity index (χ3v) is 3.54. The minimum absolute atomic E-state index is 0.267. The van der Waals surface area contributed by atoms with Crippen molar-refractivity contribution in [1.29, 1.82) is 0 Å². The van der Waals surface area contributed by atoms with Crippen LogP contribution < -0.4 is 0 Å². The largest absolute Gasteiger partial charge is 0.416 e. The molecule has 1 aromatic carbocycles. The van der Waals surface area contributed by atoms with Crippen LogP contribution in [0.4, 0.5) is 13.2 Å². The van der Waals surface area contributed by atoms with Gasteiger partial charge in [-0.05, 0) is 17.7 Å². The van der Waals surface area contributed by atoms with E-state index in [0.717, 1.165) is 10.5 Å². The maximum Gasteiger partial charge on any atom is 0.416 e. The molecule has 0 amide bonds. The smallest absolute Gasteiger partial charge is 0.356 e. The zero-order valence-corrected chi connectivity index (χ0v) is 9.47. The fourth-order valence-corrected chi connectivity index (χ4v) is 2.83. The summed E-state index contributed by atoms with van der Waals surface area (Å²) >= 11 is 3.30. The molecule has 3 rings (SSSR count). The first-order valence-corrected chi connectivity index (χ1v) is 5.50. The second-order valence-electron chi connectivity index (χ2n) is 3.79. The molecule has 2 heterocycles. The molecule has 16 heavy (non-hydrogen) atoms. The molecular weight excluding hydrogens is 285 g/mol. The number of hydrogen-bond donors (Lipinski definition) is 0. The van der Waals surface area contributed by atoms with Gasteiger partial charge < -0.3 is 4.74 Å². The maximum atomic E-state index is 12.8. The summed E-state index contributed by atoms with van der Waals surface area (Å²) in [6.07, 6.45) is -3.56. The number of hydrogen-bond acceptors (Lipinski definition) is 1. The number of ether oxygens (including phenoxy) is 1. The lowest BCUT2D eigenvalue weighted by Gasteiger charge is -2.16. The minimum Gasteiger partial charge on any atom is -0.356 e.